The van der Waals surface area contributed by atoms with Crippen LogP contribution in [-0.4, -0.2) is 35.6 Å². The molecule has 3 aliphatic rings. The summed E-state index contributed by atoms with van der Waals surface area (Å²) in [6.07, 6.45) is 3.90. The van der Waals surface area contributed by atoms with Gasteiger partial charge in [-0.2, -0.15) is 0 Å². The number of piperidine rings is 1. The van der Waals surface area contributed by atoms with E-state index in [2.05, 4.69) is 105 Å². The van der Waals surface area contributed by atoms with Gasteiger partial charge >= 0.3 is 6.98 Å². The van der Waals surface area contributed by atoms with Crippen LogP contribution in [0.25, 0.3) is 11.1 Å². The second kappa shape index (κ2) is 5.87. The maximum atomic E-state index is 2.94. The van der Waals surface area contributed by atoms with E-state index in [4.69, 9.17) is 0 Å². The second-order valence-corrected chi connectivity index (χ2v) is 16.4. The van der Waals surface area contributed by atoms with Crippen molar-refractivity contribution in [3.05, 3.63) is 59.7 Å². The van der Waals surface area contributed by atoms with Gasteiger partial charge in [-0.3, -0.25) is 0 Å². The fourth-order valence-corrected chi connectivity index (χ4v) is 9.33. The summed E-state index contributed by atoms with van der Waals surface area (Å²) in [5, 5.41) is 0. The zero-order valence-electron chi connectivity index (χ0n) is 19.2. The first-order valence-electron chi connectivity index (χ1n) is 11.3. The zero-order valence-corrected chi connectivity index (χ0v) is 20.2. The Balaban J connectivity index is 1.78. The van der Waals surface area contributed by atoms with Gasteiger partial charge in [0.15, 0.2) is 0 Å². The summed E-state index contributed by atoms with van der Waals surface area (Å²) < 4.78 is 2.94. The monoisotopic (exact) mass is 402 g/mol. The largest absolute Gasteiger partial charge is 0.340 e. The molecule has 152 valence electrons. The van der Waals surface area contributed by atoms with E-state index in [0.717, 1.165) is 0 Å². The Morgan fingerprint density at radius 1 is 0.759 bits per heavy atom. The minimum absolute atomic E-state index is 0.0174. The average Bonchev–Trinajstić information content (AvgIpc) is 3.21. The van der Waals surface area contributed by atoms with Crippen molar-refractivity contribution < 1.29 is 0 Å². The number of rotatable bonds is 2. The predicted octanol–water partition coefficient (Wildman–Crippen LogP) is 6.13. The van der Waals surface area contributed by atoms with E-state index in [1.165, 1.54) is 41.5 Å². The molecule has 0 saturated carbocycles. The number of nitrogens with zero attached hydrogens (tertiary/aromatic N) is 2. The van der Waals surface area contributed by atoms with Crippen molar-refractivity contribution in [1.29, 1.82) is 0 Å². The van der Waals surface area contributed by atoms with Crippen molar-refractivity contribution in [3.8, 4) is 11.1 Å². The van der Waals surface area contributed by atoms with Crippen LogP contribution in [0.1, 0.15) is 58.1 Å². The molecule has 2 saturated heterocycles. The first-order chi connectivity index (χ1) is 13.5. The highest BCUT2D eigenvalue weighted by molar-refractivity contribution is 6.91. The number of hydrogen-bond donors (Lipinski definition) is 0. The lowest BCUT2D eigenvalue weighted by Gasteiger charge is -2.53. The van der Waals surface area contributed by atoms with Crippen molar-refractivity contribution in [2.45, 2.75) is 83.1 Å². The van der Waals surface area contributed by atoms with Gasteiger partial charge in [-0.1, -0.05) is 68.2 Å². The molecule has 2 aromatic rings. The lowest BCUT2D eigenvalue weighted by Crippen LogP contribution is -2.63. The van der Waals surface area contributed by atoms with Gasteiger partial charge in [0.2, 0.25) is 0 Å². The molecule has 2 heterocycles. The lowest BCUT2D eigenvalue weighted by molar-refractivity contribution is 0.0500. The van der Waals surface area contributed by atoms with Gasteiger partial charge in [0.1, 0.15) is 8.24 Å². The van der Waals surface area contributed by atoms with E-state index in [-0.39, 0.29) is 16.5 Å². The van der Waals surface area contributed by atoms with E-state index in [0.29, 0.717) is 6.98 Å². The first kappa shape index (κ1) is 19.6. The minimum atomic E-state index is -1.58. The van der Waals surface area contributed by atoms with Crippen LogP contribution in [0.3, 0.4) is 0 Å². The highest BCUT2D eigenvalue weighted by atomic mass is 28.3. The maximum absolute atomic E-state index is 2.94. The molecule has 0 bridgehead atoms. The molecule has 0 aromatic heterocycles. The van der Waals surface area contributed by atoms with Gasteiger partial charge in [-0.15, -0.1) is 0 Å². The normalized spacial score (nSPS) is 26.3. The fraction of sp³-hybridized carbons (Fsp3) is 0.520. The van der Waals surface area contributed by atoms with Crippen molar-refractivity contribution in [3.63, 3.8) is 0 Å². The molecule has 1 unspecified atom stereocenters. The fourth-order valence-electron chi connectivity index (χ4n) is 6.94. The van der Waals surface area contributed by atoms with Crippen LogP contribution in [0, 0.1) is 0 Å². The van der Waals surface area contributed by atoms with Gasteiger partial charge in [0.25, 0.3) is 0 Å². The number of hydrogen-bond acceptors (Lipinski definition) is 2. The van der Waals surface area contributed by atoms with Crippen LogP contribution in [0.4, 0.5) is 0 Å². The van der Waals surface area contributed by atoms with Crippen LogP contribution < -0.4 is 0 Å². The zero-order chi connectivity index (χ0) is 20.8. The van der Waals surface area contributed by atoms with Crippen LogP contribution in [0.15, 0.2) is 48.5 Å². The van der Waals surface area contributed by atoms with Crippen molar-refractivity contribution >= 4 is 15.2 Å². The van der Waals surface area contributed by atoms with E-state index in [1.54, 1.807) is 0 Å². The van der Waals surface area contributed by atoms with Crippen LogP contribution in [-0.2, 0) is 5.44 Å². The molecular formula is C25H35BN2Si. The molecule has 0 radical (unpaired) electrons. The molecule has 2 aromatic carbocycles. The van der Waals surface area contributed by atoms with Gasteiger partial charge in [-0.25, -0.2) is 0 Å². The Kier molecular flexibility index (Phi) is 3.96. The Labute approximate surface area is 178 Å². The van der Waals surface area contributed by atoms with Gasteiger partial charge < -0.3 is 9.29 Å². The third-order valence-corrected chi connectivity index (χ3v) is 9.79. The SMILES string of the molecule is CC1(C)CCCC(C)(C)N1B1N([Si](C)(C)C)C12c1ccccc1-c1ccccc12. The summed E-state index contributed by atoms with van der Waals surface area (Å²) in [4.78, 5) is 2.92. The predicted molar refractivity (Wildman–Crippen MR) is 127 cm³/mol. The van der Waals surface area contributed by atoms with Gasteiger partial charge in [0.05, 0.1) is 5.44 Å². The molecule has 2 fully saturated rings. The maximum Gasteiger partial charge on any atom is 0.334 e. The topological polar surface area (TPSA) is 6.25 Å². The molecule has 4 heteroatoms. The second-order valence-electron chi connectivity index (χ2n) is 11.6. The van der Waals surface area contributed by atoms with Crippen molar-refractivity contribution in [2.24, 2.45) is 0 Å². The quantitative estimate of drug-likeness (QED) is 0.440. The standard InChI is InChI=1S/C25H35BN2Si/c1-23(2)17-12-18-24(3,4)27(23)26-25(28(26)29(5,6)7)21-15-10-8-13-19(21)20-14-9-11-16-22(20)25/h8-11,13-16H,12,17-18H2,1-7H3. The van der Waals surface area contributed by atoms with Crippen molar-refractivity contribution in [2.75, 3.05) is 0 Å². The van der Waals surface area contributed by atoms with Crippen molar-refractivity contribution in [1.82, 2.24) is 9.29 Å². The third-order valence-electron chi connectivity index (χ3n) is 7.74. The molecular weight excluding hydrogens is 367 g/mol. The smallest absolute Gasteiger partial charge is 0.334 e. The lowest BCUT2D eigenvalue weighted by atomic mass is 9.61. The van der Waals surface area contributed by atoms with Gasteiger partial charge in [0, 0.05) is 11.1 Å². The molecule has 2 aliphatic heterocycles. The van der Waals surface area contributed by atoms with Gasteiger partial charge in [-0.05, 0) is 69.2 Å². The average molecular weight is 402 g/mol. The number of benzene rings is 2. The van der Waals surface area contributed by atoms with Crippen LogP contribution >= 0.6 is 0 Å². The van der Waals surface area contributed by atoms with Crippen LogP contribution in [0.5, 0.6) is 0 Å². The molecule has 2 nitrogen and oxygen atoms in total. The highest BCUT2D eigenvalue weighted by Crippen LogP contribution is 2.65. The molecule has 5 rings (SSSR count). The Hall–Kier alpha value is -1.36. The van der Waals surface area contributed by atoms with Crippen LogP contribution in [0.2, 0.25) is 19.6 Å². The molecule has 1 spiro atoms. The molecule has 0 N–H and O–H groups in total. The highest BCUT2D eigenvalue weighted by Gasteiger charge is 2.78. The summed E-state index contributed by atoms with van der Waals surface area (Å²) in [7, 11) is -1.58. The molecule has 1 atom stereocenters. The van der Waals surface area contributed by atoms with E-state index < -0.39 is 8.24 Å². The summed E-state index contributed by atoms with van der Waals surface area (Å²) in [6.45, 7) is 18.0. The van der Waals surface area contributed by atoms with E-state index >= 15 is 0 Å². The minimum Gasteiger partial charge on any atom is -0.340 e. The third kappa shape index (κ3) is 2.49. The van der Waals surface area contributed by atoms with E-state index in [1.807, 2.05) is 0 Å². The first-order valence-corrected chi connectivity index (χ1v) is 14.8. The Bertz CT molecular complexity index is 913. The Morgan fingerprint density at radius 2 is 1.21 bits per heavy atom. The Morgan fingerprint density at radius 3 is 1.66 bits per heavy atom. The van der Waals surface area contributed by atoms with E-state index in [9.17, 15) is 0 Å². The summed E-state index contributed by atoms with van der Waals surface area (Å²) in [5.41, 5.74) is 6.39. The molecule has 29 heavy (non-hydrogen) atoms. The summed E-state index contributed by atoms with van der Waals surface area (Å²) in [5.74, 6) is 0. The number of fused-ring (bicyclic) bond motifs is 5. The molecule has 0 amide bonds. The summed E-state index contributed by atoms with van der Waals surface area (Å²) >= 11 is 0. The molecule has 1 aliphatic carbocycles. The summed E-state index contributed by atoms with van der Waals surface area (Å²) in [6, 6.07) is 18.4.